The molecule has 0 aliphatic carbocycles. The molecule has 0 saturated carbocycles. The number of benzene rings is 1. The Morgan fingerprint density at radius 2 is 2.00 bits per heavy atom. The summed E-state index contributed by atoms with van der Waals surface area (Å²) in [6.07, 6.45) is 0.613. The number of aromatic nitrogens is 1. The van der Waals surface area contributed by atoms with Gasteiger partial charge in [0, 0.05) is 11.8 Å². The minimum absolute atomic E-state index is 0.0467. The van der Waals surface area contributed by atoms with Crippen molar-refractivity contribution in [2.75, 3.05) is 0 Å². The first-order valence-electron chi connectivity index (χ1n) is 5.59. The second kappa shape index (κ2) is 4.80. The van der Waals surface area contributed by atoms with E-state index in [1.807, 2.05) is 13.8 Å². The average molecular weight is 316 g/mol. The molecule has 96 valence electrons. The molecule has 1 N–H and O–H groups in total. The van der Waals surface area contributed by atoms with Gasteiger partial charge in [-0.3, -0.25) is 4.79 Å². The van der Waals surface area contributed by atoms with Crippen LogP contribution < -0.4 is 5.43 Å². The summed E-state index contributed by atoms with van der Waals surface area (Å²) in [5.41, 5.74) is 0.0408. The van der Waals surface area contributed by atoms with E-state index in [0.717, 1.165) is 6.07 Å². The standard InChI is InChI=1S/C13H12BrF2NO/c1-6(2)3-7-4-10(18)11-12(16)8(14)5-9(15)13(11)17-7/h4-6H,3H2,1-2H3,(H,17,18). The first kappa shape index (κ1) is 13.2. The zero-order chi connectivity index (χ0) is 13.4. The molecule has 0 radical (unpaired) electrons. The fraction of sp³-hybridized carbons (Fsp3) is 0.308. The van der Waals surface area contributed by atoms with Crippen LogP contribution in [0.15, 0.2) is 21.4 Å². The van der Waals surface area contributed by atoms with Crippen molar-refractivity contribution in [2.45, 2.75) is 20.3 Å². The van der Waals surface area contributed by atoms with Gasteiger partial charge in [0.15, 0.2) is 11.2 Å². The summed E-state index contributed by atoms with van der Waals surface area (Å²) in [4.78, 5) is 14.7. The zero-order valence-electron chi connectivity index (χ0n) is 9.98. The molecule has 0 atom stereocenters. The molecule has 2 aromatic rings. The number of halogens is 3. The predicted octanol–water partition coefficient (Wildman–Crippen LogP) is 3.77. The molecule has 0 fully saturated rings. The van der Waals surface area contributed by atoms with Crippen LogP contribution in [-0.4, -0.2) is 4.98 Å². The molecule has 1 aromatic heterocycles. The molecule has 0 saturated heterocycles. The molecular formula is C13H12BrF2NO. The van der Waals surface area contributed by atoms with Crippen LogP contribution in [0.2, 0.25) is 0 Å². The molecule has 18 heavy (non-hydrogen) atoms. The van der Waals surface area contributed by atoms with Gasteiger partial charge in [-0.25, -0.2) is 8.78 Å². The molecule has 2 rings (SSSR count). The molecule has 2 nitrogen and oxygen atoms in total. The van der Waals surface area contributed by atoms with Crippen molar-refractivity contribution < 1.29 is 8.78 Å². The molecule has 5 heteroatoms. The van der Waals surface area contributed by atoms with Crippen LogP contribution >= 0.6 is 15.9 Å². The Morgan fingerprint density at radius 1 is 1.33 bits per heavy atom. The van der Waals surface area contributed by atoms with Gasteiger partial charge in [-0.15, -0.1) is 0 Å². The van der Waals surface area contributed by atoms with E-state index in [0.29, 0.717) is 18.0 Å². The quantitative estimate of drug-likeness (QED) is 0.841. The van der Waals surface area contributed by atoms with E-state index in [1.54, 1.807) is 0 Å². The van der Waals surface area contributed by atoms with Crippen molar-refractivity contribution >= 4 is 26.8 Å². The number of hydrogen-bond donors (Lipinski definition) is 1. The lowest BCUT2D eigenvalue weighted by atomic mass is 10.1. The van der Waals surface area contributed by atoms with Crippen molar-refractivity contribution in [2.24, 2.45) is 5.92 Å². The van der Waals surface area contributed by atoms with Crippen molar-refractivity contribution in [3.05, 3.63) is 44.2 Å². The molecule has 1 aromatic carbocycles. The third-order valence-electron chi connectivity index (χ3n) is 2.64. The topological polar surface area (TPSA) is 32.9 Å². The molecular weight excluding hydrogens is 304 g/mol. The second-order valence-corrected chi connectivity index (χ2v) is 5.52. The van der Waals surface area contributed by atoms with E-state index in [1.165, 1.54) is 6.07 Å². The van der Waals surface area contributed by atoms with Crippen LogP contribution in [0.3, 0.4) is 0 Å². The van der Waals surface area contributed by atoms with Crippen LogP contribution in [0, 0.1) is 17.6 Å². The lowest BCUT2D eigenvalue weighted by Gasteiger charge is -2.08. The van der Waals surface area contributed by atoms with Crippen LogP contribution in [0.5, 0.6) is 0 Å². The van der Waals surface area contributed by atoms with Crippen molar-refractivity contribution in [1.29, 1.82) is 0 Å². The number of hydrogen-bond acceptors (Lipinski definition) is 1. The third kappa shape index (κ3) is 2.32. The maximum Gasteiger partial charge on any atom is 0.192 e. The number of H-pyrrole nitrogens is 1. The van der Waals surface area contributed by atoms with Gasteiger partial charge >= 0.3 is 0 Å². The Morgan fingerprint density at radius 3 is 2.61 bits per heavy atom. The van der Waals surface area contributed by atoms with Gasteiger partial charge < -0.3 is 4.98 Å². The van der Waals surface area contributed by atoms with Crippen molar-refractivity contribution in [3.63, 3.8) is 0 Å². The lowest BCUT2D eigenvalue weighted by Crippen LogP contribution is -2.10. The lowest BCUT2D eigenvalue weighted by molar-refractivity contribution is 0.605. The maximum absolute atomic E-state index is 13.8. The fourth-order valence-corrected chi connectivity index (χ4v) is 2.33. The van der Waals surface area contributed by atoms with Crippen molar-refractivity contribution in [1.82, 2.24) is 4.98 Å². The van der Waals surface area contributed by atoms with Gasteiger partial charge in [0.25, 0.3) is 0 Å². The van der Waals surface area contributed by atoms with E-state index in [-0.39, 0.29) is 15.4 Å². The summed E-state index contributed by atoms with van der Waals surface area (Å²) >= 11 is 2.89. The molecule has 0 amide bonds. The summed E-state index contributed by atoms with van der Waals surface area (Å²) in [6.45, 7) is 3.97. The first-order chi connectivity index (χ1) is 8.40. The number of fused-ring (bicyclic) bond motifs is 1. The Labute approximate surface area is 111 Å². The van der Waals surface area contributed by atoms with Crippen LogP contribution in [-0.2, 0) is 6.42 Å². The highest BCUT2D eigenvalue weighted by Crippen LogP contribution is 2.24. The maximum atomic E-state index is 13.8. The summed E-state index contributed by atoms with van der Waals surface area (Å²) in [5, 5.41) is -0.241. The largest absolute Gasteiger partial charge is 0.356 e. The van der Waals surface area contributed by atoms with Crippen molar-refractivity contribution in [3.8, 4) is 0 Å². The van der Waals surface area contributed by atoms with Gasteiger partial charge in [0.1, 0.15) is 5.82 Å². The highest BCUT2D eigenvalue weighted by Gasteiger charge is 2.15. The monoisotopic (exact) mass is 315 g/mol. The number of aromatic amines is 1. The normalized spacial score (nSPS) is 11.4. The molecule has 0 aliphatic rings. The van der Waals surface area contributed by atoms with Gasteiger partial charge in [-0.1, -0.05) is 13.8 Å². The van der Waals surface area contributed by atoms with Gasteiger partial charge in [0.2, 0.25) is 0 Å². The highest BCUT2D eigenvalue weighted by atomic mass is 79.9. The molecule has 0 bridgehead atoms. The van der Waals surface area contributed by atoms with Crippen LogP contribution in [0.4, 0.5) is 8.78 Å². The van der Waals surface area contributed by atoms with Gasteiger partial charge in [0.05, 0.1) is 15.4 Å². The molecule has 0 unspecified atom stereocenters. The Bertz CT molecular complexity index is 664. The minimum Gasteiger partial charge on any atom is -0.356 e. The number of nitrogens with one attached hydrogen (secondary N) is 1. The Kier molecular flexibility index (Phi) is 3.52. The first-order valence-corrected chi connectivity index (χ1v) is 6.39. The highest BCUT2D eigenvalue weighted by molar-refractivity contribution is 9.10. The predicted molar refractivity (Wildman–Crippen MR) is 70.7 cm³/mol. The van der Waals surface area contributed by atoms with E-state index in [9.17, 15) is 13.6 Å². The van der Waals surface area contributed by atoms with E-state index >= 15 is 0 Å². The van der Waals surface area contributed by atoms with Crippen LogP contribution in [0.1, 0.15) is 19.5 Å². The summed E-state index contributed by atoms with van der Waals surface area (Å²) in [5.74, 6) is -1.05. The molecule has 1 heterocycles. The summed E-state index contributed by atoms with van der Waals surface area (Å²) in [6, 6.07) is 2.35. The second-order valence-electron chi connectivity index (χ2n) is 4.66. The van der Waals surface area contributed by atoms with Gasteiger partial charge in [-0.2, -0.15) is 0 Å². The third-order valence-corrected chi connectivity index (χ3v) is 3.21. The Hall–Kier alpha value is -1.23. The van der Waals surface area contributed by atoms with E-state index in [2.05, 4.69) is 20.9 Å². The summed E-state index contributed by atoms with van der Waals surface area (Å²) < 4.78 is 27.5. The summed E-state index contributed by atoms with van der Waals surface area (Å²) in [7, 11) is 0. The fourth-order valence-electron chi connectivity index (χ4n) is 1.93. The smallest absolute Gasteiger partial charge is 0.192 e. The van der Waals surface area contributed by atoms with E-state index in [4.69, 9.17) is 0 Å². The van der Waals surface area contributed by atoms with Gasteiger partial charge in [-0.05, 0) is 34.3 Å². The van der Waals surface area contributed by atoms with E-state index < -0.39 is 17.1 Å². The SMILES string of the molecule is CC(C)Cc1cc(=O)c2c(F)c(Br)cc(F)c2[nH]1. The zero-order valence-corrected chi connectivity index (χ0v) is 11.6. The van der Waals surface area contributed by atoms with Crippen LogP contribution in [0.25, 0.3) is 10.9 Å². The minimum atomic E-state index is -0.733. The number of rotatable bonds is 2. The molecule has 0 aliphatic heterocycles. The average Bonchev–Trinajstić information content (AvgIpc) is 2.24. The number of pyridine rings is 1. The molecule has 0 spiro atoms. The Balaban J connectivity index is 2.78.